The molecule has 3 N–H and O–H groups in total. The second-order valence-electron chi connectivity index (χ2n) is 8.01. The fraction of sp³-hybridized carbons (Fsp3) is 0.280. The van der Waals surface area contributed by atoms with Crippen molar-refractivity contribution in [3.63, 3.8) is 0 Å². The van der Waals surface area contributed by atoms with Gasteiger partial charge < -0.3 is 20.4 Å². The van der Waals surface area contributed by atoms with E-state index in [4.69, 9.17) is 11.6 Å². The number of halogens is 1. The van der Waals surface area contributed by atoms with Crippen molar-refractivity contribution in [2.45, 2.75) is 6.92 Å². The number of anilines is 1. The summed E-state index contributed by atoms with van der Waals surface area (Å²) in [7, 11) is 1.85. The van der Waals surface area contributed by atoms with Gasteiger partial charge in [-0.3, -0.25) is 14.9 Å². The van der Waals surface area contributed by atoms with Crippen LogP contribution in [-0.2, 0) is 4.79 Å². The molecule has 0 radical (unpaired) electrons. The number of hydrogen-bond donors (Lipinski definition) is 3. The highest BCUT2D eigenvalue weighted by atomic mass is 35.5. The normalized spacial score (nSPS) is 13.9. The smallest absolute Gasteiger partial charge is 0.133 e. The van der Waals surface area contributed by atoms with Crippen LogP contribution in [0, 0.1) is 6.92 Å². The first kappa shape index (κ1) is 23.8. The van der Waals surface area contributed by atoms with Gasteiger partial charge in [-0.25, -0.2) is 4.98 Å². The van der Waals surface area contributed by atoms with E-state index in [1.54, 1.807) is 12.4 Å². The number of piperazine rings is 1. The minimum absolute atomic E-state index is 0.597. The summed E-state index contributed by atoms with van der Waals surface area (Å²) >= 11 is 6.13. The van der Waals surface area contributed by atoms with E-state index in [1.165, 1.54) is 0 Å². The van der Waals surface area contributed by atoms with E-state index in [2.05, 4.69) is 41.5 Å². The molecule has 1 fully saturated rings. The van der Waals surface area contributed by atoms with Crippen molar-refractivity contribution in [2.24, 2.45) is 0 Å². The Hall–Kier alpha value is -3.33. The van der Waals surface area contributed by atoms with Crippen LogP contribution in [0.3, 0.4) is 0 Å². The lowest BCUT2D eigenvalue weighted by molar-refractivity contribution is -0.109. The van der Waals surface area contributed by atoms with E-state index in [1.807, 2.05) is 44.4 Å². The number of pyridine rings is 3. The molecule has 9 heteroatoms. The largest absolute Gasteiger partial charge is 0.373 e. The van der Waals surface area contributed by atoms with Crippen molar-refractivity contribution in [2.75, 3.05) is 45.1 Å². The molecule has 176 valence electrons. The first-order valence-corrected chi connectivity index (χ1v) is 11.6. The number of carbonyl (C=O) groups excluding carboxylic acids is 1. The molecule has 1 saturated heterocycles. The van der Waals surface area contributed by atoms with Gasteiger partial charge in [-0.15, -0.1) is 0 Å². The molecular weight excluding hydrogens is 450 g/mol. The Kier molecular flexibility index (Phi) is 7.84. The lowest BCUT2D eigenvalue weighted by atomic mass is 10.0. The second kappa shape index (κ2) is 11.2. The zero-order valence-electron chi connectivity index (χ0n) is 19.3. The molecular formula is C25H28ClN7O. The number of aryl methyl sites for hydroxylation is 1. The number of aldehydes is 1. The predicted molar refractivity (Wildman–Crippen MR) is 137 cm³/mol. The summed E-state index contributed by atoms with van der Waals surface area (Å²) in [4.78, 5) is 28.9. The molecule has 0 spiro atoms. The standard InChI is InChI=1S/C19H16ClN5.C6H12N2O/c1-11-3-4-13(9-23-11)17-18(12-5-6-22-16(7-12)21-2)25-15-8-14(20)10-24-19(15)17;9-6-5-8-3-1-7-2-4-8/h3-10,25H,1-2H3,(H,21,22);6-7H,1-5H2. The van der Waals surface area contributed by atoms with E-state index in [0.29, 0.717) is 11.6 Å². The van der Waals surface area contributed by atoms with Crippen molar-refractivity contribution in [3.8, 4) is 22.4 Å². The minimum Gasteiger partial charge on any atom is -0.373 e. The van der Waals surface area contributed by atoms with E-state index in [9.17, 15) is 4.79 Å². The zero-order chi connectivity index (χ0) is 23.9. The first-order chi connectivity index (χ1) is 16.6. The van der Waals surface area contributed by atoms with Crippen LogP contribution in [0.15, 0.2) is 48.9 Å². The molecule has 8 nitrogen and oxygen atoms in total. The van der Waals surface area contributed by atoms with Gasteiger partial charge in [0.15, 0.2) is 0 Å². The fourth-order valence-electron chi connectivity index (χ4n) is 3.88. The van der Waals surface area contributed by atoms with Gasteiger partial charge in [-0.1, -0.05) is 17.7 Å². The van der Waals surface area contributed by atoms with Crippen LogP contribution in [0.4, 0.5) is 5.82 Å². The minimum atomic E-state index is 0.597. The molecule has 34 heavy (non-hydrogen) atoms. The lowest BCUT2D eigenvalue weighted by Crippen LogP contribution is -2.44. The summed E-state index contributed by atoms with van der Waals surface area (Å²) in [5, 5.41) is 6.88. The Labute approximate surface area is 203 Å². The van der Waals surface area contributed by atoms with Crippen LogP contribution >= 0.6 is 11.6 Å². The van der Waals surface area contributed by atoms with Crippen molar-refractivity contribution in [1.82, 2.24) is 30.2 Å². The van der Waals surface area contributed by atoms with Gasteiger partial charge in [0.1, 0.15) is 12.1 Å². The summed E-state index contributed by atoms with van der Waals surface area (Å²) < 4.78 is 0. The molecule has 0 aliphatic carbocycles. The zero-order valence-corrected chi connectivity index (χ0v) is 20.1. The van der Waals surface area contributed by atoms with Gasteiger partial charge in [0, 0.05) is 74.2 Å². The Morgan fingerprint density at radius 3 is 2.62 bits per heavy atom. The molecule has 4 aromatic rings. The highest BCUT2D eigenvalue weighted by molar-refractivity contribution is 6.31. The molecule has 5 rings (SSSR count). The van der Waals surface area contributed by atoms with Crippen LogP contribution < -0.4 is 10.6 Å². The lowest BCUT2D eigenvalue weighted by Gasteiger charge is -2.24. The van der Waals surface area contributed by atoms with Gasteiger partial charge in [-0.2, -0.15) is 0 Å². The third-order valence-corrected chi connectivity index (χ3v) is 5.85. The maximum absolute atomic E-state index is 10.0. The number of hydrogen-bond acceptors (Lipinski definition) is 7. The molecule has 4 aromatic heterocycles. The maximum atomic E-state index is 10.0. The van der Waals surface area contributed by atoms with E-state index < -0.39 is 0 Å². The van der Waals surface area contributed by atoms with Crippen molar-refractivity contribution < 1.29 is 4.79 Å². The number of nitrogens with zero attached hydrogens (tertiary/aromatic N) is 4. The SMILES string of the molecule is CNc1cc(-c2[nH]c3cc(Cl)cnc3c2-c2ccc(C)nc2)ccn1.O=CCN1CCNCC1. The van der Waals surface area contributed by atoms with E-state index in [-0.39, 0.29) is 0 Å². The maximum Gasteiger partial charge on any atom is 0.133 e. The van der Waals surface area contributed by atoms with Crippen molar-refractivity contribution in [1.29, 1.82) is 0 Å². The quantitative estimate of drug-likeness (QED) is 0.376. The van der Waals surface area contributed by atoms with Crippen LogP contribution in [-0.4, -0.2) is 70.9 Å². The van der Waals surface area contributed by atoms with Gasteiger partial charge >= 0.3 is 0 Å². The van der Waals surface area contributed by atoms with E-state index >= 15 is 0 Å². The molecule has 0 amide bonds. The summed E-state index contributed by atoms with van der Waals surface area (Å²) in [5.74, 6) is 0.801. The topological polar surface area (TPSA) is 98.8 Å². The highest BCUT2D eigenvalue weighted by Crippen LogP contribution is 2.38. The Balaban J connectivity index is 0.000000257. The van der Waals surface area contributed by atoms with Crippen LogP contribution in [0.5, 0.6) is 0 Å². The van der Waals surface area contributed by atoms with E-state index in [0.717, 1.165) is 77.4 Å². The van der Waals surface area contributed by atoms with Crippen LogP contribution in [0.2, 0.25) is 5.02 Å². The van der Waals surface area contributed by atoms with Gasteiger partial charge in [0.2, 0.25) is 0 Å². The number of aromatic amines is 1. The summed E-state index contributed by atoms with van der Waals surface area (Å²) in [5.41, 5.74) is 6.73. The van der Waals surface area contributed by atoms with Crippen LogP contribution in [0.1, 0.15) is 5.69 Å². The second-order valence-corrected chi connectivity index (χ2v) is 8.45. The number of rotatable bonds is 5. The van der Waals surface area contributed by atoms with Gasteiger partial charge in [-0.05, 0) is 31.2 Å². The Morgan fingerprint density at radius 1 is 1.09 bits per heavy atom. The molecule has 0 atom stereocenters. The monoisotopic (exact) mass is 477 g/mol. The van der Waals surface area contributed by atoms with Gasteiger partial charge in [0.05, 0.1) is 28.3 Å². The third-order valence-electron chi connectivity index (χ3n) is 5.65. The predicted octanol–water partition coefficient (Wildman–Crippen LogP) is 3.78. The van der Waals surface area contributed by atoms with Gasteiger partial charge in [0.25, 0.3) is 0 Å². The number of nitrogens with one attached hydrogen (secondary N) is 3. The number of aromatic nitrogens is 4. The molecule has 0 bridgehead atoms. The average Bonchev–Trinajstić information content (AvgIpc) is 3.24. The van der Waals surface area contributed by atoms with Crippen LogP contribution in [0.25, 0.3) is 33.4 Å². The summed E-state index contributed by atoms with van der Waals surface area (Å²) in [6.45, 7) is 6.64. The number of H-pyrrole nitrogens is 1. The third kappa shape index (κ3) is 5.59. The summed E-state index contributed by atoms with van der Waals surface area (Å²) in [6, 6.07) is 9.92. The average molecular weight is 478 g/mol. The summed E-state index contributed by atoms with van der Waals surface area (Å²) in [6.07, 6.45) is 6.28. The Morgan fingerprint density at radius 2 is 1.91 bits per heavy atom. The molecule has 0 unspecified atom stereocenters. The molecule has 5 heterocycles. The van der Waals surface area contributed by atoms with Crippen molar-refractivity contribution >= 4 is 34.7 Å². The molecule has 0 saturated carbocycles. The number of fused-ring (bicyclic) bond motifs is 1. The first-order valence-electron chi connectivity index (χ1n) is 11.2. The molecule has 0 aromatic carbocycles. The van der Waals surface area contributed by atoms with Crippen molar-refractivity contribution in [3.05, 3.63) is 59.6 Å². The Bertz CT molecular complexity index is 1250. The molecule has 1 aliphatic heterocycles. The highest BCUT2D eigenvalue weighted by Gasteiger charge is 2.17. The molecule has 1 aliphatic rings. The number of carbonyl (C=O) groups is 1. The fourth-order valence-corrected chi connectivity index (χ4v) is 4.04.